The van der Waals surface area contributed by atoms with Crippen molar-refractivity contribution in [1.29, 1.82) is 0 Å². The van der Waals surface area contributed by atoms with Crippen LogP contribution < -0.4 is 5.32 Å². The van der Waals surface area contributed by atoms with Crippen LogP contribution in [0, 0.1) is 17.0 Å². The summed E-state index contributed by atoms with van der Waals surface area (Å²) >= 11 is 0. The predicted molar refractivity (Wildman–Crippen MR) is 136 cm³/mol. The summed E-state index contributed by atoms with van der Waals surface area (Å²) in [7, 11) is 0. The fourth-order valence-electron chi connectivity index (χ4n) is 6.22. The normalized spacial score (nSPS) is 20.8. The first-order chi connectivity index (χ1) is 18.2. The number of carbonyl (C=O) groups excluding carboxylic acids is 1. The summed E-state index contributed by atoms with van der Waals surface area (Å²) in [6.07, 6.45) is 8.39. The zero-order valence-corrected chi connectivity index (χ0v) is 21.2. The van der Waals surface area contributed by atoms with Crippen LogP contribution in [-0.4, -0.2) is 42.5 Å². The van der Waals surface area contributed by atoms with Gasteiger partial charge < -0.3 is 5.32 Å². The van der Waals surface area contributed by atoms with E-state index in [1.807, 2.05) is 0 Å². The molecule has 2 atom stereocenters. The molecule has 0 saturated heterocycles. The number of rotatable bonds is 6. The Morgan fingerprint density at radius 3 is 2.50 bits per heavy atom. The summed E-state index contributed by atoms with van der Waals surface area (Å²) in [6.45, 7) is 6.01. The molecule has 2 aliphatic carbocycles. The summed E-state index contributed by atoms with van der Waals surface area (Å²) in [5, 5.41) is 11.7. The van der Waals surface area contributed by atoms with E-state index in [2.05, 4.69) is 44.3 Å². The van der Waals surface area contributed by atoms with Crippen LogP contribution in [0.2, 0.25) is 0 Å². The van der Waals surface area contributed by atoms with Gasteiger partial charge in [-0.3, -0.25) is 9.78 Å². The number of fused-ring (bicyclic) bond motifs is 5. The van der Waals surface area contributed by atoms with Gasteiger partial charge in [0.25, 0.3) is 0 Å². The van der Waals surface area contributed by atoms with Gasteiger partial charge >= 0.3 is 0 Å². The molecule has 38 heavy (non-hydrogen) atoms. The molecule has 1 saturated carbocycles. The highest BCUT2D eigenvalue weighted by atomic mass is 19.1. The third-order valence-corrected chi connectivity index (χ3v) is 8.12. The number of ketones is 1. The fraction of sp³-hybridized carbons (Fsp3) is 0.321. The number of aromatic nitrogens is 6. The maximum Gasteiger partial charge on any atom is 0.222 e. The Hall–Kier alpha value is -4.21. The highest BCUT2D eigenvalue weighted by molar-refractivity contribution is 5.79. The van der Waals surface area contributed by atoms with Crippen molar-refractivity contribution in [3.63, 3.8) is 0 Å². The Morgan fingerprint density at radius 2 is 1.79 bits per heavy atom. The summed E-state index contributed by atoms with van der Waals surface area (Å²) in [6, 6.07) is 5.57. The van der Waals surface area contributed by atoms with E-state index in [4.69, 9.17) is 4.98 Å². The summed E-state index contributed by atoms with van der Waals surface area (Å²) in [4.78, 5) is 29.3. The first kappa shape index (κ1) is 24.1. The number of carbonyl (C=O) groups is 1. The molecule has 6 rings (SSSR count). The standard InChI is InChI=1S/C28H25F2N7O/c1-15(38)10-32-26-33-11-16(12-34-26)22-13-31-14-23(35-22)28-8-7-18(27(28,2)3)17-9-21(36-37-25(17)28)24-19(29)5-4-6-20(24)30/h4-6,9,11-14,18H,7-8,10H2,1-3H3,(H,32,33,34)/t18-,28-/m0/s1. The van der Waals surface area contributed by atoms with Crippen molar-refractivity contribution in [3.05, 3.63) is 77.6 Å². The van der Waals surface area contributed by atoms with Crippen molar-refractivity contribution in [2.24, 2.45) is 5.41 Å². The van der Waals surface area contributed by atoms with Gasteiger partial charge in [0.1, 0.15) is 17.4 Å². The third kappa shape index (κ3) is 3.50. The zero-order chi connectivity index (χ0) is 26.7. The third-order valence-electron chi connectivity index (χ3n) is 8.12. The summed E-state index contributed by atoms with van der Waals surface area (Å²) in [5.41, 5.74) is 2.98. The van der Waals surface area contributed by atoms with Crippen LogP contribution in [0.3, 0.4) is 0 Å². The van der Waals surface area contributed by atoms with Gasteiger partial charge in [-0.05, 0) is 54.9 Å². The molecule has 0 spiro atoms. The number of hydrogen-bond donors (Lipinski definition) is 1. The lowest BCUT2D eigenvalue weighted by atomic mass is 9.66. The number of nitrogens with zero attached hydrogens (tertiary/aromatic N) is 6. The first-order valence-corrected chi connectivity index (χ1v) is 12.4. The van der Waals surface area contributed by atoms with E-state index in [1.54, 1.807) is 30.9 Å². The molecule has 0 amide bonds. The molecule has 1 N–H and O–H groups in total. The molecule has 10 heteroatoms. The second-order valence-electron chi connectivity index (χ2n) is 10.5. The minimum atomic E-state index is -0.667. The Labute approximate surface area is 218 Å². The molecule has 3 aromatic heterocycles. The molecule has 4 aromatic rings. The van der Waals surface area contributed by atoms with Crippen LogP contribution in [0.25, 0.3) is 22.5 Å². The van der Waals surface area contributed by atoms with Crippen LogP contribution in [0.15, 0.2) is 49.1 Å². The number of nitrogens with one attached hydrogen (secondary N) is 1. The van der Waals surface area contributed by atoms with E-state index < -0.39 is 17.0 Å². The van der Waals surface area contributed by atoms with Crippen molar-refractivity contribution >= 4 is 11.7 Å². The van der Waals surface area contributed by atoms with E-state index in [9.17, 15) is 13.6 Å². The molecule has 2 bridgehead atoms. The molecule has 8 nitrogen and oxygen atoms in total. The molecule has 1 aromatic carbocycles. The highest BCUT2D eigenvalue weighted by Crippen LogP contribution is 2.69. The number of halogens is 2. The molecule has 0 aliphatic heterocycles. The molecular formula is C28H25F2N7O. The molecule has 0 radical (unpaired) electrons. The van der Waals surface area contributed by atoms with Gasteiger partial charge in [-0.1, -0.05) is 19.9 Å². The lowest BCUT2D eigenvalue weighted by Gasteiger charge is -2.37. The van der Waals surface area contributed by atoms with Crippen LogP contribution >= 0.6 is 0 Å². The lowest BCUT2D eigenvalue weighted by molar-refractivity contribution is -0.115. The molecule has 2 aliphatic rings. The van der Waals surface area contributed by atoms with Crippen molar-refractivity contribution in [3.8, 4) is 22.5 Å². The largest absolute Gasteiger partial charge is 0.347 e. The van der Waals surface area contributed by atoms with Crippen LogP contribution in [-0.2, 0) is 10.2 Å². The summed E-state index contributed by atoms with van der Waals surface area (Å²) in [5.74, 6) is -0.867. The molecule has 1 fully saturated rings. The summed E-state index contributed by atoms with van der Waals surface area (Å²) < 4.78 is 29.0. The van der Waals surface area contributed by atoms with Crippen molar-refractivity contribution in [2.75, 3.05) is 11.9 Å². The zero-order valence-electron chi connectivity index (χ0n) is 21.2. The van der Waals surface area contributed by atoms with E-state index >= 15 is 0 Å². The average molecular weight is 514 g/mol. The smallest absolute Gasteiger partial charge is 0.222 e. The first-order valence-electron chi connectivity index (χ1n) is 12.4. The molecule has 0 unspecified atom stereocenters. The Balaban J connectivity index is 1.41. The monoisotopic (exact) mass is 513 g/mol. The van der Waals surface area contributed by atoms with E-state index in [1.165, 1.54) is 25.1 Å². The quantitative estimate of drug-likeness (QED) is 0.389. The van der Waals surface area contributed by atoms with Gasteiger partial charge in [0, 0.05) is 24.2 Å². The number of hydrogen-bond acceptors (Lipinski definition) is 8. The van der Waals surface area contributed by atoms with Crippen LogP contribution in [0.4, 0.5) is 14.7 Å². The van der Waals surface area contributed by atoms with Crippen molar-refractivity contribution in [1.82, 2.24) is 30.1 Å². The molecule has 3 heterocycles. The number of anilines is 1. The average Bonchev–Trinajstić information content (AvgIpc) is 3.28. The van der Waals surface area contributed by atoms with Gasteiger partial charge in [-0.25, -0.2) is 23.7 Å². The second kappa shape index (κ2) is 8.68. The lowest BCUT2D eigenvalue weighted by Crippen LogP contribution is -2.38. The maximum atomic E-state index is 14.5. The topological polar surface area (TPSA) is 106 Å². The Bertz CT molecular complexity index is 1550. The Kier molecular flexibility index (Phi) is 5.51. The molecule has 192 valence electrons. The predicted octanol–water partition coefficient (Wildman–Crippen LogP) is 4.87. The minimum Gasteiger partial charge on any atom is -0.347 e. The second-order valence-corrected chi connectivity index (χ2v) is 10.5. The van der Waals surface area contributed by atoms with E-state index in [0.717, 1.165) is 29.8 Å². The molecular weight excluding hydrogens is 488 g/mol. The minimum absolute atomic E-state index is 0.0147. The van der Waals surface area contributed by atoms with Crippen LogP contribution in [0.5, 0.6) is 0 Å². The fourth-order valence-corrected chi connectivity index (χ4v) is 6.22. The number of Topliss-reactive ketones (excluding diaryl/α,β-unsaturated/α-hetero) is 1. The van der Waals surface area contributed by atoms with Gasteiger partial charge in [0.2, 0.25) is 5.95 Å². The van der Waals surface area contributed by atoms with E-state index in [-0.39, 0.29) is 34.9 Å². The van der Waals surface area contributed by atoms with Gasteiger partial charge in [0.15, 0.2) is 0 Å². The number of benzene rings is 1. The van der Waals surface area contributed by atoms with Gasteiger partial charge in [-0.15, -0.1) is 5.10 Å². The van der Waals surface area contributed by atoms with Crippen molar-refractivity contribution < 1.29 is 13.6 Å². The van der Waals surface area contributed by atoms with Crippen LogP contribution in [0.1, 0.15) is 56.5 Å². The van der Waals surface area contributed by atoms with Crippen molar-refractivity contribution in [2.45, 2.75) is 44.9 Å². The maximum absolute atomic E-state index is 14.5. The SMILES string of the molecule is CC(=O)CNc1ncc(-c2cncc([C@@]34CC[C@@H](c5cc(-c6c(F)cccc6F)nnc53)C4(C)C)n2)cn1. The van der Waals surface area contributed by atoms with Gasteiger partial charge in [-0.2, -0.15) is 5.10 Å². The Morgan fingerprint density at radius 1 is 1.05 bits per heavy atom. The highest BCUT2D eigenvalue weighted by Gasteiger charge is 2.65. The van der Waals surface area contributed by atoms with Gasteiger partial charge in [0.05, 0.1) is 46.5 Å². The van der Waals surface area contributed by atoms with E-state index in [0.29, 0.717) is 17.2 Å².